The summed E-state index contributed by atoms with van der Waals surface area (Å²) >= 11 is 0. The summed E-state index contributed by atoms with van der Waals surface area (Å²) in [5, 5.41) is 0. The molecule has 0 amide bonds. The zero-order chi connectivity index (χ0) is 11.4. The van der Waals surface area contributed by atoms with Crippen LogP contribution in [0.1, 0.15) is 25.3 Å². The summed E-state index contributed by atoms with van der Waals surface area (Å²) in [5.74, 6) is 1.91. The average Bonchev–Trinajstić information content (AvgIpc) is 2.33. The normalized spacial score (nSPS) is 18.6. The zero-order valence-electron chi connectivity index (χ0n) is 10.3. The number of hydrogen-bond donors (Lipinski definition) is 0. The van der Waals surface area contributed by atoms with Crippen molar-refractivity contribution in [2.24, 2.45) is 5.92 Å². The average molecular weight is 219 g/mol. The Bertz CT molecular complexity index is 329. The third-order valence-corrected chi connectivity index (χ3v) is 3.46. The molecule has 2 rings (SSSR count). The van der Waals surface area contributed by atoms with Crippen molar-refractivity contribution in [3.63, 3.8) is 0 Å². The molecule has 1 aromatic carbocycles. The monoisotopic (exact) mass is 219 g/mol. The van der Waals surface area contributed by atoms with E-state index in [0.717, 1.165) is 18.2 Å². The smallest absolute Gasteiger partial charge is 0.123 e. The number of piperidine rings is 1. The molecule has 0 aliphatic carbocycles. The van der Waals surface area contributed by atoms with Crippen LogP contribution in [0.2, 0.25) is 0 Å². The minimum atomic E-state index is 0.897. The van der Waals surface area contributed by atoms with E-state index >= 15 is 0 Å². The Morgan fingerprint density at radius 3 is 2.62 bits per heavy atom. The summed E-state index contributed by atoms with van der Waals surface area (Å²) in [6.07, 6.45) is 2.66. The number of benzene rings is 1. The van der Waals surface area contributed by atoms with Gasteiger partial charge in [0, 0.05) is 12.1 Å². The molecule has 1 aliphatic rings. The van der Waals surface area contributed by atoms with Gasteiger partial charge in [-0.25, -0.2) is 0 Å². The topological polar surface area (TPSA) is 12.5 Å². The summed E-state index contributed by atoms with van der Waals surface area (Å²) in [7, 11) is 1.75. The van der Waals surface area contributed by atoms with Crippen LogP contribution >= 0.6 is 0 Å². The lowest BCUT2D eigenvalue weighted by atomic mass is 9.99. The van der Waals surface area contributed by atoms with E-state index in [-0.39, 0.29) is 0 Å². The number of nitrogens with zero attached hydrogens (tertiary/aromatic N) is 1. The van der Waals surface area contributed by atoms with Crippen molar-refractivity contribution >= 4 is 0 Å². The maximum atomic E-state index is 5.38. The summed E-state index contributed by atoms with van der Waals surface area (Å²) in [4.78, 5) is 2.53. The van der Waals surface area contributed by atoms with Gasteiger partial charge in [-0.2, -0.15) is 0 Å². The van der Waals surface area contributed by atoms with E-state index in [0.29, 0.717) is 0 Å². The lowest BCUT2D eigenvalue weighted by molar-refractivity contribution is 0.183. The van der Waals surface area contributed by atoms with Gasteiger partial charge in [-0.3, -0.25) is 4.90 Å². The first-order valence-corrected chi connectivity index (χ1v) is 6.14. The maximum absolute atomic E-state index is 5.38. The van der Waals surface area contributed by atoms with Crippen LogP contribution in [0.4, 0.5) is 0 Å². The molecule has 0 unspecified atom stereocenters. The van der Waals surface area contributed by atoms with Gasteiger partial charge >= 0.3 is 0 Å². The molecule has 1 heterocycles. The largest absolute Gasteiger partial charge is 0.496 e. The highest BCUT2D eigenvalue weighted by Gasteiger charge is 2.16. The Morgan fingerprint density at radius 1 is 1.25 bits per heavy atom. The molecular weight excluding hydrogens is 198 g/mol. The van der Waals surface area contributed by atoms with Crippen LogP contribution in [0.15, 0.2) is 24.3 Å². The third kappa shape index (κ3) is 2.76. The van der Waals surface area contributed by atoms with Crippen LogP contribution in [0.5, 0.6) is 5.75 Å². The fraction of sp³-hybridized carbons (Fsp3) is 0.571. The van der Waals surface area contributed by atoms with Crippen molar-refractivity contribution in [2.75, 3.05) is 20.2 Å². The van der Waals surface area contributed by atoms with Gasteiger partial charge in [0.05, 0.1) is 7.11 Å². The first-order chi connectivity index (χ1) is 7.79. The van der Waals surface area contributed by atoms with Crippen LogP contribution in [0, 0.1) is 5.92 Å². The maximum Gasteiger partial charge on any atom is 0.123 e. The molecule has 0 atom stereocenters. The highest BCUT2D eigenvalue weighted by Crippen LogP contribution is 2.22. The number of rotatable bonds is 3. The van der Waals surface area contributed by atoms with Crippen molar-refractivity contribution in [3.05, 3.63) is 29.8 Å². The number of hydrogen-bond acceptors (Lipinski definition) is 2. The van der Waals surface area contributed by atoms with Gasteiger partial charge in [-0.05, 0) is 37.9 Å². The predicted molar refractivity (Wildman–Crippen MR) is 66.7 cm³/mol. The molecule has 0 bridgehead atoms. The third-order valence-electron chi connectivity index (χ3n) is 3.46. The predicted octanol–water partition coefficient (Wildman–Crippen LogP) is 2.93. The van der Waals surface area contributed by atoms with E-state index in [1.54, 1.807) is 7.11 Å². The van der Waals surface area contributed by atoms with Crippen LogP contribution in [-0.4, -0.2) is 25.1 Å². The molecule has 2 nitrogen and oxygen atoms in total. The number of ether oxygens (including phenoxy) is 1. The van der Waals surface area contributed by atoms with Crippen molar-refractivity contribution in [1.82, 2.24) is 4.90 Å². The molecule has 0 aromatic heterocycles. The molecule has 0 saturated carbocycles. The zero-order valence-corrected chi connectivity index (χ0v) is 10.3. The molecule has 0 N–H and O–H groups in total. The molecule has 88 valence electrons. The SMILES string of the molecule is COc1ccccc1CN1CCC(C)CC1. The second-order valence-electron chi connectivity index (χ2n) is 4.77. The fourth-order valence-corrected chi connectivity index (χ4v) is 2.29. The van der Waals surface area contributed by atoms with E-state index in [9.17, 15) is 0 Å². The molecule has 0 spiro atoms. The van der Waals surface area contributed by atoms with Crippen LogP contribution in [-0.2, 0) is 6.54 Å². The van der Waals surface area contributed by atoms with E-state index in [1.165, 1.54) is 31.5 Å². The lowest BCUT2D eigenvalue weighted by Crippen LogP contribution is -2.32. The highest BCUT2D eigenvalue weighted by atomic mass is 16.5. The van der Waals surface area contributed by atoms with Crippen molar-refractivity contribution < 1.29 is 4.74 Å². The molecule has 1 saturated heterocycles. The molecule has 1 aromatic rings. The summed E-state index contributed by atoms with van der Waals surface area (Å²) in [6, 6.07) is 8.32. The standard InChI is InChI=1S/C14H21NO/c1-12-7-9-15(10-8-12)11-13-5-3-4-6-14(13)16-2/h3-6,12H,7-11H2,1-2H3. The Balaban J connectivity index is 1.98. The Kier molecular flexibility index (Phi) is 3.83. The molecule has 1 fully saturated rings. The van der Waals surface area contributed by atoms with Gasteiger partial charge < -0.3 is 4.74 Å². The molecule has 1 aliphatic heterocycles. The number of likely N-dealkylation sites (tertiary alicyclic amines) is 1. The minimum Gasteiger partial charge on any atom is -0.496 e. The number of methoxy groups -OCH3 is 1. The van der Waals surface area contributed by atoms with Gasteiger partial charge in [-0.15, -0.1) is 0 Å². The lowest BCUT2D eigenvalue weighted by Gasteiger charge is -2.30. The van der Waals surface area contributed by atoms with Gasteiger partial charge in [0.25, 0.3) is 0 Å². The van der Waals surface area contributed by atoms with Gasteiger partial charge in [0.2, 0.25) is 0 Å². The minimum absolute atomic E-state index is 0.897. The highest BCUT2D eigenvalue weighted by molar-refractivity contribution is 5.33. The van der Waals surface area contributed by atoms with Crippen LogP contribution in [0.25, 0.3) is 0 Å². The summed E-state index contributed by atoms with van der Waals surface area (Å²) in [6.45, 7) is 5.82. The van der Waals surface area contributed by atoms with E-state index in [4.69, 9.17) is 4.74 Å². The van der Waals surface area contributed by atoms with E-state index < -0.39 is 0 Å². The van der Waals surface area contributed by atoms with Crippen molar-refractivity contribution in [2.45, 2.75) is 26.3 Å². The molecule has 2 heteroatoms. The Hall–Kier alpha value is -1.02. The Morgan fingerprint density at radius 2 is 1.94 bits per heavy atom. The van der Waals surface area contributed by atoms with Gasteiger partial charge in [-0.1, -0.05) is 25.1 Å². The van der Waals surface area contributed by atoms with Gasteiger partial charge in [0.1, 0.15) is 5.75 Å². The molecular formula is C14H21NO. The van der Waals surface area contributed by atoms with Crippen molar-refractivity contribution in [3.8, 4) is 5.75 Å². The summed E-state index contributed by atoms with van der Waals surface area (Å²) in [5.41, 5.74) is 1.31. The van der Waals surface area contributed by atoms with Crippen LogP contribution in [0.3, 0.4) is 0 Å². The number of para-hydroxylation sites is 1. The van der Waals surface area contributed by atoms with Gasteiger partial charge in [0.15, 0.2) is 0 Å². The van der Waals surface area contributed by atoms with E-state index in [1.807, 2.05) is 12.1 Å². The molecule has 0 radical (unpaired) electrons. The second-order valence-corrected chi connectivity index (χ2v) is 4.77. The first kappa shape index (κ1) is 11.5. The fourth-order valence-electron chi connectivity index (χ4n) is 2.29. The quantitative estimate of drug-likeness (QED) is 0.775. The molecule has 16 heavy (non-hydrogen) atoms. The second kappa shape index (κ2) is 5.35. The van der Waals surface area contributed by atoms with Crippen LogP contribution < -0.4 is 4.74 Å². The first-order valence-electron chi connectivity index (χ1n) is 6.14. The van der Waals surface area contributed by atoms with E-state index in [2.05, 4.69) is 24.0 Å². The Labute approximate surface area is 98.2 Å². The summed E-state index contributed by atoms with van der Waals surface area (Å²) < 4.78 is 5.38. The van der Waals surface area contributed by atoms with Crippen molar-refractivity contribution in [1.29, 1.82) is 0 Å².